The minimum Gasteiger partial charge on any atom is -0.380 e. The van der Waals surface area contributed by atoms with Gasteiger partial charge in [-0.3, -0.25) is 4.79 Å². The molecule has 0 spiro atoms. The van der Waals surface area contributed by atoms with E-state index in [1.807, 2.05) is 6.07 Å². The van der Waals surface area contributed by atoms with Gasteiger partial charge in [0.05, 0.1) is 5.56 Å². The number of thiophene rings is 1. The first-order chi connectivity index (χ1) is 8.69. The predicted molar refractivity (Wildman–Crippen MR) is 76.0 cm³/mol. The number of hydrogen-bond acceptors (Lipinski definition) is 3. The number of rotatable bonds is 5. The summed E-state index contributed by atoms with van der Waals surface area (Å²) < 4.78 is 0. The molecule has 0 saturated carbocycles. The molecule has 1 amide bonds. The van der Waals surface area contributed by atoms with E-state index in [0.29, 0.717) is 12.1 Å². The molecule has 0 aliphatic carbocycles. The van der Waals surface area contributed by atoms with E-state index in [1.54, 1.807) is 16.7 Å². The van der Waals surface area contributed by atoms with E-state index in [4.69, 9.17) is 5.73 Å². The zero-order valence-electron chi connectivity index (χ0n) is 10.3. The van der Waals surface area contributed by atoms with Crippen molar-refractivity contribution in [2.75, 3.05) is 5.32 Å². The van der Waals surface area contributed by atoms with Gasteiger partial charge < -0.3 is 11.1 Å². The van der Waals surface area contributed by atoms with Crippen LogP contribution in [0.15, 0.2) is 35.7 Å². The number of carbonyl (C=O) groups excluding carboxylic acids is 1. The molecule has 0 fully saturated rings. The SMILES string of the molecule is CCc1ccc(NCc2cc(C(N)=O)cs2)cc1. The van der Waals surface area contributed by atoms with E-state index in [9.17, 15) is 4.79 Å². The third-order valence-electron chi connectivity index (χ3n) is 2.77. The van der Waals surface area contributed by atoms with Crippen molar-refractivity contribution in [2.24, 2.45) is 5.73 Å². The highest BCUT2D eigenvalue weighted by molar-refractivity contribution is 7.10. The van der Waals surface area contributed by atoms with E-state index >= 15 is 0 Å². The Kier molecular flexibility index (Phi) is 3.99. The first-order valence-electron chi connectivity index (χ1n) is 5.89. The summed E-state index contributed by atoms with van der Waals surface area (Å²) in [4.78, 5) is 12.1. The molecular formula is C14H16N2OS. The predicted octanol–water partition coefficient (Wildman–Crippen LogP) is 3.02. The zero-order chi connectivity index (χ0) is 13.0. The molecule has 3 nitrogen and oxygen atoms in total. The van der Waals surface area contributed by atoms with Gasteiger partial charge in [0.1, 0.15) is 0 Å². The van der Waals surface area contributed by atoms with Crippen molar-refractivity contribution in [3.8, 4) is 0 Å². The van der Waals surface area contributed by atoms with E-state index < -0.39 is 0 Å². The average Bonchev–Trinajstić information content (AvgIpc) is 2.86. The Balaban J connectivity index is 1.95. The maximum Gasteiger partial charge on any atom is 0.249 e. The van der Waals surface area contributed by atoms with Crippen LogP contribution in [0.25, 0.3) is 0 Å². The highest BCUT2D eigenvalue weighted by atomic mass is 32.1. The molecule has 1 aromatic heterocycles. The van der Waals surface area contributed by atoms with Crippen molar-refractivity contribution in [3.63, 3.8) is 0 Å². The van der Waals surface area contributed by atoms with Gasteiger partial charge in [0, 0.05) is 22.5 Å². The molecule has 0 atom stereocenters. The topological polar surface area (TPSA) is 55.1 Å². The molecule has 0 bridgehead atoms. The lowest BCUT2D eigenvalue weighted by molar-refractivity contribution is 0.100. The van der Waals surface area contributed by atoms with E-state index in [-0.39, 0.29) is 5.91 Å². The molecule has 2 aromatic rings. The molecule has 18 heavy (non-hydrogen) atoms. The van der Waals surface area contributed by atoms with Crippen molar-refractivity contribution in [1.29, 1.82) is 0 Å². The highest BCUT2D eigenvalue weighted by Gasteiger charge is 2.04. The third kappa shape index (κ3) is 3.11. The van der Waals surface area contributed by atoms with Crippen LogP contribution in [0, 0.1) is 0 Å². The molecule has 1 aromatic carbocycles. The normalized spacial score (nSPS) is 10.3. The van der Waals surface area contributed by atoms with Crippen LogP contribution in [0.4, 0.5) is 5.69 Å². The number of nitrogens with two attached hydrogens (primary N) is 1. The van der Waals surface area contributed by atoms with Gasteiger partial charge in [0.2, 0.25) is 5.91 Å². The Bertz CT molecular complexity index is 531. The Labute approximate surface area is 111 Å². The van der Waals surface area contributed by atoms with Gasteiger partial charge in [0.25, 0.3) is 0 Å². The van der Waals surface area contributed by atoms with Crippen LogP contribution >= 0.6 is 11.3 Å². The van der Waals surface area contributed by atoms with Crippen molar-refractivity contribution in [1.82, 2.24) is 0 Å². The Morgan fingerprint density at radius 2 is 2.06 bits per heavy atom. The van der Waals surface area contributed by atoms with Crippen LogP contribution in [0.2, 0.25) is 0 Å². The number of amides is 1. The van der Waals surface area contributed by atoms with Crippen molar-refractivity contribution in [2.45, 2.75) is 19.9 Å². The molecule has 0 saturated heterocycles. The third-order valence-corrected chi connectivity index (χ3v) is 3.70. The second-order valence-corrected chi connectivity index (χ2v) is 5.07. The summed E-state index contributed by atoms with van der Waals surface area (Å²) in [6.07, 6.45) is 1.05. The first-order valence-corrected chi connectivity index (χ1v) is 6.77. The molecule has 0 aliphatic heterocycles. The molecule has 4 heteroatoms. The number of carbonyl (C=O) groups is 1. The fourth-order valence-electron chi connectivity index (χ4n) is 1.65. The Morgan fingerprint density at radius 3 is 2.61 bits per heavy atom. The lowest BCUT2D eigenvalue weighted by Gasteiger charge is -2.05. The molecule has 2 rings (SSSR count). The number of primary amides is 1. The number of anilines is 1. The molecular weight excluding hydrogens is 244 g/mol. The minimum atomic E-state index is -0.371. The van der Waals surface area contributed by atoms with Gasteiger partial charge in [-0.25, -0.2) is 0 Å². The molecule has 0 aliphatic rings. The summed E-state index contributed by atoms with van der Waals surface area (Å²) in [5.74, 6) is -0.371. The van der Waals surface area contributed by atoms with Crippen LogP contribution in [0.3, 0.4) is 0 Å². The average molecular weight is 260 g/mol. The fraction of sp³-hybridized carbons (Fsp3) is 0.214. The summed E-state index contributed by atoms with van der Waals surface area (Å²) in [6.45, 7) is 2.85. The molecule has 1 heterocycles. The van der Waals surface area contributed by atoms with E-state index in [0.717, 1.165) is 17.0 Å². The zero-order valence-corrected chi connectivity index (χ0v) is 11.1. The molecule has 0 unspecified atom stereocenters. The standard InChI is InChI=1S/C14H16N2OS/c1-2-10-3-5-12(6-4-10)16-8-13-7-11(9-18-13)14(15)17/h3-7,9,16H,2,8H2,1H3,(H2,15,17). The largest absolute Gasteiger partial charge is 0.380 e. The maximum absolute atomic E-state index is 11.0. The smallest absolute Gasteiger partial charge is 0.249 e. The minimum absolute atomic E-state index is 0.371. The van der Waals surface area contributed by atoms with Gasteiger partial charge in [0.15, 0.2) is 0 Å². The van der Waals surface area contributed by atoms with Gasteiger partial charge >= 0.3 is 0 Å². The molecule has 94 valence electrons. The van der Waals surface area contributed by atoms with E-state index in [1.165, 1.54) is 5.56 Å². The molecule has 3 N–H and O–H groups in total. The summed E-state index contributed by atoms with van der Waals surface area (Å²) in [6, 6.07) is 10.2. The quantitative estimate of drug-likeness (QED) is 0.868. The van der Waals surface area contributed by atoms with Gasteiger partial charge in [-0.05, 0) is 30.2 Å². The van der Waals surface area contributed by atoms with Crippen molar-refractivity contribution >= 4 is 22.9 Å². The Morgan fingerprint density at radius 1 is 1.33 bits per heavy atom. The van der Waals surface area contributed by atoms with Crippen LogP contribution in [-0.2, 0) is 13.0 Å². The summed E-state index contributed by atoms with van der Waals surface area (Å²) >= 11 is 1.54. The van der Waals surface area contributed by atoms with Gasteiger partial charge in [-0.2, -0.15) is 0 Å². The highest BCUT2D eigenvalue weighted by Crippen LogP contribution is 2.17. The van der Waals surface area contributed by atoms with E-state index in [2.05, 4.69) is 36.5 Å². The number of hydrogen-bond donors (Lipinski definition) is 2. The summed E-state index contributed by atoms with van der Waals surface area (Å²) in [5.41, 5.74) is 8.21. The summed E-state index contributed by atoms with van der Waals surface area (Å²) in [5, 5.41) is 5.11. The second kappa shape index (κ2) is 5.69. The van der Waals surface area contributed by atoms with Crippen molar-refractivity contribution < 1.29 is 4.79 Å². The van der Waals surface area contributed by atoms with Crippen molar-refractivity contribution in [3.05, 3.63) is 51.7 Å². The number of aryl methyl sites for hydroxylation is 1. The number of nitrogens with one attached hydrogen (secondary N) is 1. The van der Waals surface area contributed by atoms with Gasteiger partial charge in [-0.1, -0.05) is 19.1 Å². The van der Waals surface area contributed by atoms with Crippen LogP contribution in [-0.4, -0.2) is 5.91 Å². The first kappa shape index (κ1) is 12.6. The Hall–Kier alpha value is -1.81. The maximum atomic E-state index is 11.0. The van der Waals surface area contributed by atoms with Crippen LogP contribution < -0.4 is 11.1 Å². The second-order valence-electron chi connectivity index (χ2n) is 4.07. The summed E-state index contributed by atoms with van der Waals surface area (Å²) in [7, 11) is 0. The fourth-order valence-corrected chi connectivity index (χ4v) is 2.46. The number of benzene rings is 1. The lowest BCUT2D eigenvalue weighted by Crippen LogP contribution is -2.09. The van der Waals surface area contributed by atoms with Gasteiger partial charge in [-0.15, -0.1) is 11.3 Å². The lowest BCUT2D eigenvalue weighted by atomic mass is 10.1. The monoisotopic (exact) mass is 260 g/mol. The van der Waals surface area contributed by atoms with Crippen LogP contribution in [0.1, 0.15) is 27.7 Å². The van der Waals surface area contributed by atoms with Crippen LogP contribution in [0.5, 0.6) is 0 Å². The molecule has 0 radical (unpaired) electrons.